The van der Waals surface area contributed by atoms with Crippen molar-refractivity contribution in [3.63, 3.8) is 0 Å². The summed E-state index contributed by atoms with van der Waals surface area (Å²) in [5.74, 6) is 0.994. The van der Waals surface area contributed by atoms with Gasteiger partial charge in [-0.25, -0.2) is 0 Å². The van der Waals surface area contributed by atoms with E-state index in [0.29, 0.717) is 18.5 Å². The Morgan fingerprint density at radius 2 is 1.54 bits per heavy atom. The first-order valence-corrected chi connectivity index (χ1v) is 9.20. The highest BCUT2D eigenvalue weighted by Gasteiger charge is 2.38. The molecule has 0 aliphatic heterocycles. The monoisotopic (exact) mass is 328 g/mol. The van der Waals surface area contributed by atoms with E-state index in [2.05, 4.69) is 17.1 Å². The van der Waals surface area contributed by atoms with Crippen molar-refractivity contribution in [1.82, 2.24) is 4.90 Å². The van der Waals surface area contributed by atoms with E-state index in [-0.39, 0.29) is 11.8 Å². The van der Waals surface area contributed by atoms with Crippen LogP contribution < -0.4 is 5.32 Å². The van der Waals surface area contributed by atoms with Crippen molar-refractivity contribution < 1.29 is 9.59 Å². The van der Waals surface area contributed by atoms with Crippen molar-refractivity contribution in [3.05, 3.63) is 29.8 Å². The van der Waals surface area contributed by atoms with Crippen molar-refractivity contribution in [2.45, 2.75) is 70.9 Å². The van der Waals surface area contributed by atoms with Gasteiger partial charge in [-0.2, -0.15) is 0 Å². The summed E-state index contributed by atoms with van der Waals surface area (Å²) in [7, 11) is 0. The summed E-state index contributed by atoms with van der Waals surface area (Å²) in [6.07, 6.45) is 7.59. The zero-order chi connectivity index (χ0) is 17.1. The van der Waals surface area contributed by atoms with E-state index >= 15 is 0 Å². The normalized spacial score (nSPS) is 23.6. The lowest BCUT2D eigenvalue weighted by atomic mass is 9.86. The number of hydrogen-bond acceptors (Lipinski definition) is 2. The molecular weight excluding hydrogens is 300 g/mol. The summed E-state index contributed by atoms with van der Waals surface area (Å²) in [5, 5.41) is 2.76. The number of rotatable bonds is 5. The highest BCUT2D eigenvalue weighted by molar-refractivity contribution is 5.88. The smallest absolute Gasteiger partial charge is 0.227 e. The number of carbonyl (C=O) groups is 2. The Morgan fingerprint density at radius 3 is 2.04 bits per heavy atom. The molecule has 24 heavy (non-hydrogen) atoms. The van der Waals surface area contributed by atoms with Gasteiger partial charge in [0.15, 0.2) is 0 Å². The maximum absolute atomic E-state index is 12.9. The molecule has 2 aliphatic rings. The van der Waals surface area contributed by atoms with Crippen LogP contribution in [0.15, 0.2) is 24.3 Å². The van der Waals surface area contributed by atoms with Gasteiger partial charge < -0.3 is 10.2 Å². The average molecular weight is 328 g/mol. The molecule has 2 aliphatic carbocycles. The average Bonchev–Trinajstić information content (AvgIpc) is 3.36. The van der Waals surface area contributed by atoms with Gasteiger partial charge >= 0.3 is 0 Å². The van der Waals surface area contributed by atoms with E-state index in [1.165, 1.54) is 32.6 Å². The maximum atomic E-state index is 12.9. The van der Waals surface area contributed by atoms with Crippen LogP contribution in [0.3, 0.4) is 0 Å². The summed E-state index contributed by atoms with van der Waals surface area (Å²) in [5.41, 5.74) is 1.79. The molecule has 0 bridgehead atoms. The second-order valence-electron chi connectivity index (χ2n) is 7.50. The second-order valence-corrected chi connectivity index (χ2v) is 7.50. The summed E-state index contributed by atoms with van der Waals surface area (Å²) < 4.78 is 0. The van der Waals surface area contributed by atoms with Gasteiger partial charge in [0, 0.05) is 24.7 Å². The van der Waals surface area contributed by atoms with Crippen molar-refractivity contribution in [1.29, 1.82) is 0 Å². The number of hydrogen-bond donors (Lipinski definition) is 1. The molecule has 4 heteroatoms. The molecule has 0 heterocycles. The van der Waals surface area contributed by atoms with Crippen molar-refractivity contribution in [2.75, 3.05) is 5.32 Å². The topological polar surface area (TPSA) is 49.4 Å². The van der Waals surface area contributed by atoms with Gasteiger partial charge in [-0.3, -0.25) is 9.59 Å². The molecule has 130 valence electrons. The van der Waals surface area contributed by atoms with E-state index < -0.39 is 0 Å². The fourth-order valence-electron chi connectivity index (χ4n) is 3.75. The number of nitrogens with zero attached hydrogens (tertiary/aromatic N) is 1. The Hall–Kier alpha value is -1.84. The van der Waals surface area contributed by atoms with Crippen LogP contribution in [0.4, 0.5) is 5.69 Å². The SMILES string of the molecule is CC(=O)Nc1ccc(CC(=O)N(C2CCC(C)CC2)C2CC2)cc1. The van der Waals surface area contributed by atoms with Crippen molar-refractivity contribution in [3.8, 4) is 0 Å². The summed E-state index contributed by atoms with van der Waals surface area (Å²) in [4.78, 5) is 26.2. The van der Waals surface area contributed by atoms with Crippen molar-refractivity contribution in [2.24, 2.45) is 5.92 Å². The van der Waals surface area contributed by atoms with Gasteiger partial charge in [-0.05, 0) is 62.1 Å². The number of nitrogens with one attached hydrogen (secondary N) is 1. The summed E-state index contributed by atoms with van der Waals surface area (Å²) in [6.45, 7) is 3.81. The predicted octanol–water partition coefficient (Wildman–Crippen LogP) is 3.76. The quantitative estimate of drug-likeness (QED) is 0.895. The predicted molar refractivity (Wildman–Crippen MR) is 95.7 cm³/mol. The van der Waals surface area contributed by atoms with Gasteiger partial charge in [-0.1, -0.05) is 19.1 Å². The molecule has 0 aromatic heterocycles. The number of carbonyl (C=O) groups excluding carboxylic acids is 2. The van der Waals surface area contributed by atoms with Gasteiger partial charge in [-0.15, -0.1) is 0 Å². The van der Waals surface area contributed by atoms with E-state index in [1.54, 1.807) is 0 Å². The standard InChI is InChI=1S/C20H28N2O2/c1-14-3-9-18(10-4-14)22(19-11-12-19)20(24)13-16-5-7-17(8-6-16)21-15(2)23/h5-8,14,18-19H,3-4,9-13H2,1-2H3,(H,21,23). The van der Waals surface area contributed by atoms with Gasteiger partial charge in [0.25, 0.3) is 0 Å². The number of benzene rings is 1. The maximum Gasteiger partial charge on any atom is 0.227 e. The van der Waals surface area contributed by atoms with Crippen LogP contribution in [0.1, 0.15) is 57.9 Å². The highest BCUT2D eigenvalue weighted by Crippen LogP contribution is 2.35. The van der Waals surface area contributed by atoms with E-state index in [1.807, 2.05) is 24.3 Å². The molecule has 4 nitrogen and oxygen atoms in total. The van der Waals surface area contributed by atoms with E-state index in [0.717, 1.165) is 30.0 Å². The minimum atomic E-state index is -0.0785. The first kappa shape index (κ1) is 17.0. The molecule has 0 radical (unpaired) electrons. The van der Waals surface area contributed by atoms with Gasteiger partial charge in [0.05, 0.1) is 6.42 Å². The van der Waals surface area contributed by atoms with E-state index in [9.17, 15) is 9.59 Å². The Bertz CT molecular complexity index is 584. The molecule has 0 saturated heterocycles. The third-order valence-corrected chi connectivity index (χ3v) is 5.24. The van der Waals surface area contributed by atoms with Crippen LogP contribution in [-0.4, -0.2) is 28.8 Å². The number of amides is 2. The molecule has 2 fully saturated rings. The minimum absolute atomic E-state index is 0.0785. The molecule has 0 unspecified atom stereocenters. The minimum Gasteiger partial charge on any atom is -0.336 e. The van der Waals surface area contributed by atoms with Crippen LogP contribution in [0.2, 0.25) is 0 Å². The Labute approximate surface area is 144 Å². The molecular formula is C20H28N2O2. The largest absolute Gasteiger partial charge is 0.336 e. The van der Waals surface area contributed by atoms with Gasteiger partial charge in [0.2, 0.25) is 11.8 Å². The van der Waals surface area contributed by atoms with Gasteiger partial charge in [0.1, 0.15) is 0 Å². The third-order valence-electron chi connectivity index (χ3n) is 5.24. The molecule has 1 aromatic rings. The van der Waals surface area contributed by atoms with Crippen LogP contribution in [0.25, 0.3) is 0 Å². The number of anilines is 1. The Kier molecular flexibility index (Phi) is 5.22. The van der Waals surface area contributed by atoms with Crippen molar-refractivity contribution >= 4 is 17.5 Å². The first-order chi connectivity index (χ1) is 11.5. The molecule has 1 aromatic carbocycles. The Balaban J connectivity index is 1.62. The fraction of sp³-hybridized carbons (Fsp3) is 0.600. The summed E-state index contributed by atoms with van der Waals surface area (Å²) in [6, 6.07) is 8.55. The second kappa shape index (κ2) is 7.37. The molecule has 0 atom stereocenters. The van der Waals surface area contributed by atoms with Crippen LogP contribution in [0.5, 0.6) is 0 Å². The molecule has 2 saturated carbocycles. The van der Waals surface area contributed by atoms with Crippen LogP contribution in [-0.2, 0) is 16.0 Å². The molecule has 2 amide bonds. The third kappa shape index (κ3) is 4.37. The first-order valence-electron chi connectivity index (χ1n) is 9.20. The van der Waals surface area contributed by atoms with E-state index in [4.69, 9.17) is 0 Å². The Morgan fingerprint density at radius 1 is 1.00 bits per heavy atom. The zero-order valence-corrected chi connectivity index (χ0v) is 14.8. The lowest BCUT2D eigenvalue weighted by Crippen LogP contribution is -2.44. The lowest BCUT2D eigenvalue weighted by Gasteiger charge is -2.36. The van der Waals surface area contributed by atoms with Crippen LogP contribution in [0, 0.1) is 5.92 Å². The lowest BCUT2D eigenvalue weighted by molar-refractivity contribution is -0.134. The highest BCUT2D eigenvalue weighted by atomic mass is 16.2. The molecule has 3 rings (SSSR count). The molecule has 1 N–H and O–H groups in total. The zero-order valence-electron chi connectivity index (χ0n) is 14.8. The fourth-order valence-corrected chi connectivity index (χ4v) is 3.75. The summed E-state index contributed by atoms with van der Waals surface area (Å²) >= 11 is 0. The van der Waals surface area contributed by atoms with Crippen LogP contribution >= 0.6 is 0 Å². The molecule has 0 spiro atoms.